The third-order valence-electron chi connectivity index (χ3n) is 5.66. The molecule has 0 rings (SSSR count). The Hall–Kier alpha value is -0.720. The molecule has 0 amide bonds. The first-order chi connectivity index (χ1) is 14.5. The molecule has 0 aromatic rings. The average Bonchev–Trinajstić information content (AvgIpc) is 2.72. The van der Waals surface area contributed by atoms with Crippen LogP contribution < -0.4 is 0 Å². The summed E-state index contributed by atoms with van der Waals surface area (Å²) in [7, 11) is 0. The summed E-state index contributed by atoms with van der Waals surface area (Å²) in [6.07, 6.45) is 15.3. The lowest BCUT2D eigenvalue weighted by atomic mass is 10.1. The van der Waals surface area contributed by atoms with Crippen LogP contribution in [0.15, 0.2) is 0 Å². The van der Waals surface area contributed by atoms with Crippen molar-refractivity contribution in [2.75, 3.05) is 19.6 Å². The molecule has 0 saturated heterocycles. The number of aliphatic hydroxyl groups excluding tert-OH is 2. The fourth-order valence-corrected chi connectivity index (χ4v) is 3.84. The van der Waals surface area contributed by atoms with Crippen LogP contribution in [0.3, 0.4) is 0 Å². The van der Waals surface area contributed by atoms with Crippen LogP contribution >= 0.6 is 0 Å². The second-order valence-corrected chi connectivity index (χ2v) is 8.73. The van der Waals surface area contributed by atoms with Gasteiger partial charge >= 0.3 is 5.97 Å². The van der Waals surface area contributed by atoms with Gasteiger partial charge in [0.1, 0.15) is 0 Å². The average molecular weight is 434 g/mol. The molecule has 0 radical (unpaired) electrons. The fourth-order valence-electron chi connectivity index (χ4n) is 3.84. The van der Waals surface area contributed by atoms with Crippen molar-refractivity contribution in [2.24, 2.45) is 0 Å². The number of carbonyl (C=O) groups excluding carboxylic acids is 1. The van der Waals surface area contributed by atoms with E-state index >= 15 is 0 Å². The Morgan fingerprint density at radius 1 is 0.767 bits per heavy atom. The van der Waals surface area contributed by atoms with Crippen molar-refractivity contribution in [3.63, 3.8) is 0 Å². The van der Waals surface area contributed by atoms with Gasteiger partial charge in [-0.15, -0.1) is 0 Å². The molecule has 2 atom stereocenters. The van der Waals surface area contributed by atoms with Crippen molar-refractivity contribution >= 4 is 5.97 Å². The van der Waals surface area contributed by atoms with E-state index in [1.165, 1.54) is 51.4 Å². The van der Waals surface area contributed by atoms with Crippen LogP contribution in [0.25, 0.3) is 0 Å². The van der Waals surface area contributed by atoms with Gasteiger partial charge in [0, 0.05) is 17.6 Å². The molecule has 0 heterocycles. The van der Waals surface area contributed by atoms with E-state index in [2.05, 4.69) is 18.8 Å². The highest BCUT2D eigenvalue weighted by Gasteiger charge is 2.16. The molecule has 0 saturated carbocycles. The Labute approximate surface area is 184 Å². The lowest BCUT2D eigenvalue weighted by Gasteiger charge is -2.27. The summed E-state index contributed by atoms with van der Waals surface area (Å²) in [5, 5.41) is 20.8. The van der Waals surface area contributed by atoms with Crippen molar-refractivity contribution in [1.29, 1.82) is 0 Å². The smallest absolute Gasteiger partial charge is 0.348 e. The molecule has 0 aromatic carbocycles. The van der Waals surface area contributed by atoms with Crippen LogP contribution in [0.1, 0.15) is 117 Å². The molecule has 2 N–H and O–H groups in total. The van der Waals surface area contributed by atoms with Gasteiger partial charge in [-0.05, 0) is 25.8 Å². The zero-order chi connectivity index (χ0) is 22.5. The van der Waals surface area contributed by atoms with E-state index in [0.717, 1.165) is 38.5 Å². The van der Waals surface area contributed by atoms with Gasteiger partial charge in [0.2, 0.25) is 0 Å². The summed E-state index contributed by atoms with van der Waals surface area (Å²) in [4.78, 5) is 16.3. The third kappa shape index (κ3) is 19.3. The van der Waals surface area contributed by atoms with Crippen molar-refractivity contribution in [2.45, 2.75) is 129 Å². The van der Waals surface area contributed by atoms with Crippen LogP contribution in [-0.2, 0) is 9.74 Å². The lowest BCUT2D eigenvalue weighted by Crippen LogP contribution is -2.39. The van der Waals surface area contributed by atoms with E-state index in [9.17, 15) is 19.5 Å². The predicted octanol–water partition coefficient (Wildman–Crippen LogP) is 5.72. The Balaban J connectivity index is 4.22. The number of hydrogen-bond donors (Lipinski definition) is 2. The van der Waals surface area contributed by atoms with Crippen LogP contribution in [0, 0.1) is 0 Å². The second kappa shape index (κ2) is 21.5. The summed E-state index contributed by atoms with van der Waals surface area (Å²) in [5.41, 5.74) is 0. The fraction of sp³-hybridized carbons (Fsp3) is 0.958. The van der Waals surface area contributed by atoms with Gasteiger partial charge in [-0.3, -0.25) is 9.84 Å². The largest absolute Gasteiger partial charge is 0.392 e. The summed E-state index contributed by atoms with van der Waals surface area (Å²) in [6.45, 7) is 5.90. The molecule has 180 valence electrons. The van der Waals surface area contributed by atoms with Gasteiger partial charge in [0.15, 0.2) is 0 Å². The highest BCUT2D eigenvalue weighted by atomic mass is 19.3. The normalized spacial score (nSPS) is 13.5. The molecule has 0 bridgehead atoms. The van der Waals surface area contributed by atoms with E-state index in [1.807, 2.05) is 4.90 Å². The van der Waals surface area contributed by atoms with Gasteiger partial charge in [-0.25, -0.2) is 4.79 Å². The van der Waals surface area contributed by atoms with E-state index < -0.39 is 18.2 Å². The molecule has 0 aromatic heterocycles. The highest BCUT2D eigenvalue weighted by molar-refractivity contribution is 5.68. The van der Waals surface area contributed by atoms with Crippen molar-refractivity contribution in [3.05, 3.63) is 0 Å². The minimum absolute atomic E-state index is 0.00798. The lowest BCUT2D eigenvalue weighted by molar-refractivity contribution is -0.183. The second-order valence-electron chi connectivity index (χ2n) is 8.73. The minimum atomic E-state index is -0.866. The molecule has 0 spiro atoms. The summed E-state index contributed by atoms with van der Waals surface area (Å²) in [5.74, 6) is -0.866. The standard InChI is InChI=1S/C24H48FNO4/c1-3-5-7-9-11-13-16-22(27)20-26(19-15-18-24(29)30-25)21-23(28)17-14-12-10-8-6-4-2/h22-23,27-28H,3-21H2,1-2H3. The molecule has 0 aliphatic rings. The monoisotopic (exact) mass is 433 g/mol. The van der Waals surface area contributed by atoms with E-state index in [-0.39, 0.29) is 6.42 Å². The van der Waals surface area contributed by atoms with Crippen LogP contribution in [0.4, 0.5) is 4.53 Å². The van der Waals surface area contributed by atoms with Crippen LogP contribution in [0.2, 0.25) is 0 Å². The molecule has 6 heteroatoms. The molecule has 0 fully saturated rings. The van der Waals surface area contributed by atoms with Crippen molar-refractivity contribution < 1.29 is 24.5 Å². The minimum Gasteiger partial charge on any atom is -0.392 e. The highest BCUT2D eigenvalue weighted by Crippen LogP contribution is 2.13. The zero-order valence-electron chi connectivity index (χ0n) is 19.6. The first kappa shape index (κ1) is 29.3. The first-order valence-electron chi connectivity index (χ1n) is 12.4. The van der Waals surface area contributed by atoms with Gasteiger partial charge in [-0.2, -0.15) is 0 Å². The van der Waals surface area contributed by atoms with E-state index in [1.54, 1.807) is 0 Å². The summed E-state index contributed by atoms with van der Waals surface area (Å²) in [6, 6.07) is 0. The number of halogens is 1. The predicted molar refractivity (Wildman–Crippen MR) is 121 cm³/mol. The van der Waals surface area contributed by atoms with E-state index in [4.69, 9.17) is 0 Å². The number of rotatable bonds is 22. The number of hydrogen-bond acceptors (Lipinski definition) is 5. The molecule has 0 aliphatic carbocycles. The number of unbranched alkanes of at least 4 members (excludes halogenated alkanes) is 10. The Morgan fingerprint density at radius 2 is 1.20 bits per heavy atom. The zero-order valence-corrected chi connectivity index (χ0v) is 19.6. The number of carbonyl (C=O) groups is 1. The SMILES string of the molecule is CCCCCCCCC(O)CN(CCCC(=O)OF)CC(O)CCCCCCCC. The molecule has 30 heavy (non-hydrogen) atoms. The van der Waals surface area contributed by atoms with Crippen LogP contribution in [0.5, 0.6) is 0 Å². The maximum atomic E-state index is 11.9. The Bertz CT molecular complexity index is 360. The summed E-state index contributed by atoms with van der Waals surface area (Å²) < 4.78 is 11.9. The van der Waals surface area contributed by atoms with Gasteiger partial charge in [0.05, 0.1) is 18.6 Å². The van der Waals surface area contributed by atoms with Gasteiger partial charge < -0.3 is 10.2 Å². The van der Waals surface area contributed by atoms with E-state index in [0.29, 0.717) is 26.1 Å². The molecular weight excluding hydrogens is 385 g/mol. The molecular formula is C24H48FNO4. The van der Waals surface area contributed by atoms with Crippen LogP contribution in [-0.4, -0.2) is 52.9 Å². The Morgan fingerprint density at radius 3 is 1.63 bits per heavy atom. The first-order valence-corrected chi connectivity index (χ1v) is 12.4. The molecule has 0 aliphatic heterocycles. The quantitative estimate of drug-likeness (QED) is 0.214. The Kier molecular flexibility index (Phi) is 21.0. The third-order valence-corrected chi connectivity index (χ3v) is 5.66. The van der Waals surface area contributed by atoms with Gasteiger partial charge in [0.25, 0.3) is 0 Å². The topological polar surface area (TPSA) is 70.0 Å². The van der Waals surface area contributed by atoms with Gasteiger partial charge in [-0.1, -0.05) is 90.9 Å². The van der Waals surface area contributed by atoms with Crippen molar-refractivity contribution in [3.8, 4) is 0 Å². The number of nitrogens with zero attached hydrogens (tertiary/aromatic N) is 1. The van der Waals surface area contributed by atoms with Crippen molar-refractivity contribution in [1.82, 2.24) is 4.90 Å². The number of aliphatic hydroxyl groups is 2. The maximum Gasteiger partial charge on any atom is 0.348 e. The maximum absolute atomic E-state index is 11.9. The summed E-state index contributed by atoms with van der Waals surface area (Å²) >= 11 is 0. The molecule has 5 nitrogen and oxygen atoms in total. The molecule has 2 unspecified atom stereocenters.